The normalized spacial score (nSPS) is 18.4. The third kappa shape index (κ3) is 5.34. The van der Waals surface area contributed by atoms with Crippen LogP contribution in [0.3, 0.4) is 0 Å². The Hall–Kier alpha value is -0.120. The highest BCUT2D eigenvalue weighted by Gasteiger charge is 2.31. The van der Waals surface area contributed by atoms with Crippen molar-refractivity contribution in [3.63, 3.8) is 0 Å². The summed E-state index contributed by atoms with van der Waals surface area (Å²) >= 11 is 0. The summed E-state index contributed by atoms with van der Waals surface area (Å²) in [5.41, 5.74) is 0.277. The Morgan fingerprint density at radius 2 is 1.65 bits per heavy atom. The van der Waals surface area contributed by atoms with Gasteiger partial charge in [0.25, 0.3) is 0 Å². The van der Waals surface area contributed by atoms with E-state index in [1.54, 1.807) is 0 Å². The molecule has 1 aliphatic rings. The van der Waals surface area contributed by atoms with Gasteiger partial charge in [0.2, 0.25) is 0 Å². The van der Waals surface area contributed by atoms with Gasteiger partial charge >= 0.3 is 0 Å². The molecule has 0 amide bonds. The van der Waals surface area contributed by atoms with Crippen LogP contribution in [0.1, 0.15) is 54.4 Å². The van der Waals surface area contributed by atoms with Crippen LogP contribution in [0, 0.1) is 5.92 Å². The molecular weight excluding hydrogens is 246 g/mol. The first-order chi connectivity index (χ1) is 9.40. The van der Waals surface area contributed by atoms with Gasteiger partial charge < -0.3 is 5.32 Å². The van der Waals surface area contributed by atoms with Gasteiger partial charge in [-0.3, -0.25) is 9.80 Å². The first-order valence-corrected chi connectivity index (χ1v) is 8.60. The van der Waals surface area contributed by atoms with Gasteiger partial charge in [-0.05, 0) is 32.6 Å². The van der Waals surface area contributed by atoms with Crippen LogP contribution in [0.25, 0.3) is 0 Å². The molecule has 1 heterocycles. The van der Waals surface area contributed by atoms with Gasteiger partial charge in [-0.1, -0.05) is 27.7 Å². The van der Waals surface area contributed by atoms with Crippen molar-refractivity contribution in [3.8, 4) is 0 Å². The zero-order valence-corrected chi connectivity index (χ0v) is 14.7. The number of hydrogen-bond donors (Lipinski definition) is 1. The molecule has 20 heavy (non-hydrogen) atoms. The molecule has 0 atom stereocenters. The van der Waals surface area contributed by atoms with Crippen LogP contribution in [-0.2, 0) is 0 Å². The molecule has 0 radical (unpaired) electrons. The molecule has 1 rings (SSSR count). The van der Waals surface area contributed by atoms with Crippen molar-refractivity contribution in [2.75, 3.05) is 39.3 Å². The fraction of sp³-hybridized carbons (Fsp3) is 1.00. The van der Waals surface area contributed by atoms with E-state index in [0.717, 1.165) is 25.0 Å². The predicted molar refractivity (Wildman–Crippen MR) is 89.3 cm³/mol. The largest absolute Gasteiger partial charge is 0.314 e. The molecule has 0 aromatic rings. The second kappa shape index (κ2) is 8.35. The highest BCUT2D eigenvalue weighted by atomic mass is 15.3. The fourth-order valence-electron chi connectivity index (χ4n) is 3.48. The quantitative estimate of drug-likeness (QED) is 0.739. The van der Waals surface area contributed by atoms with E-state index in [9.17, 15) is 0 Å². The van der Waals surface area contributed by atoms with Crippen molar-refractivity contribution < 1.29 is 0 Å². The molecule has 0 aromatic heterocycles. The number of nitrogens with one attached hydrogen (secondary N) is 1. The molecule has 0 spiro atoms. The summed E-state index contributed by atoms with van der Waals surface area (Å²) in [4.78, 5) is 5.41. The van der Waals surface area contributed by atoms with E-state index < -0.39 is 0 Å². The zero-order valence-electron chi connectivity index (χ0n) is 14.7. The number of piperazine rings is 1. The standard InChI is InChI=1S/C17H37N3/c1-7-16(8-2)19(13-15(3)4)14-17(5,6)20-11-9-18-10-12-20/h15-16,18H,7-14H2,1-6H3. The van der Waals surface area contributed by atoms with Crippen molar-refractivity contribution >= 4 is 0 Å². The molecule has 0 saturated carbocycles. The average Bonchev–Trinajstić information content (AvgIpc) is 2.40. The summed E-state index contributed by atoms with van der Waals surface area (Å²) in [6, 6.07) is 0.736. The highest BCUT2D eigenvalue weighted by molar-refractivity contribution is 4.89. The lowest BCUT2D eigenvalue weighted by Gasteiger charge is -2.46. The Bertz CT molecular complexity index is 253. The van der Waals surface area contributed by atoms with Gasteiger partial charge in [0.1, 0.15) is 0 Å². The number of nitrogens with zero attached hydrogens (tertiary/aromatic N) is 2. The molecule has 3 heteroatoms. The lowest BCUT2D eigenvalue weighted by atomic mass is 9.97. The molecule has 3 nitrogen and oxygen atoms in total. The minimum absolute atomic E-state index is 0.277. The third-order valence-electron chi connectivity index (χ3n) is 4.62. The van der Waals surface area contributed by atoms with Crippen LogP contribution in [0.2, 0.25) is 0 Å². The summed E-state index contributed by atoms with van der Waals surface area (Å²) in [6.07, 6.45) is 2.53. The second-order valence-electron chi connectivity index (χ2n) is 7.34. The molecule has 0 aromatic carbocycles. The van der Waals surface area contributed by atoms with Gasteiger partial charge in [-0.25, -0.2) is 0 Å². The number of hydrogen-bond acceptors (Lipinski definition) is 3. The van der Waals surface area contributed by atoms with E-state index in [1.807, 2.05) is 0 Å². The topological polar surface area (TPSA) is 18.5 Å². The predicted octanol–water partition coefficient (Wildman–Crippen LogP) is 2.82. The fourth-order valence-corrected chi connectivity index (χ4v) is 3.48. The Morgan fingerprint density at radius 3 is 2.10 bits per heavy atom. The minimum atomic E-state index is 0.277. The zero-order chi connectivity index (χ0) is 15.2. The maximum atomic E-state index is 3.46. The SMILES string of the molecule is CCC(CC)N(CC(C)C)CC(C)(C)N1CCNCC1. The van der Waals surface area contributed by atoms with Crippen molar-refractivity contribution in [1.82, 2.24) is 15.1 Å². The lowest BCUT2D eigenvalue weighted by molar-refractivity contribution is 0.0397. The molecule has 1 saturated heterocycles. The molecular formula is C17H37N3. The van der Waals surface area contributed by atoms with Gasteiger partial charge in [-0.15, -0.1) is 0 Å². The highest BCUT2D eigenvalue weighted by Crippen LogP contribution is 2.21. The van der Waals surface area contributed by atoms with Crippen molar-refractivity contribution in [2.24, 2.45) is 5.92 Å². The monoisotopic (exact) mass is 283 g/mol. The van der Waals surface area contributed by atoms with Crippen LogP contribution in [0.15, 0.2) is 0 Å². The van der Waals surface area contributed by atoms with Gasteiger partial charge in [-0.2, -0.15) is 0 Å². The van der Waals surface area contributed by atoms with E-state index in [0.29, 0.717) is 0 Å². The van der Waals surface area contributed by atoms with Crippen molar-refractivity contribution in [1.29, 1.82) is 0 Å². The van der Waals surface area contributed by atoms with E-state index in [4.69, 9.17) is 0 Å². The summed E-state index contributed by atoms with van der Waals surface area (Å²) in [6.45, 7) is 21.3. The first-order valence-electron chi connectivity index (χ1n) is 8.60. The second-order valence-corrected chi connectivity index (χ2v) is 7.34. The molecule has 0 aliphatic carbocycles. The smallest absolute Gasteiger partial charge is 0.0281 e. The molecule has 1 fully saturated rings. The maximum Gasteiger partial charge on any atom is 0.0281 e. The van der Waals surface area contributed by atoms with E-state index in [1.165, 1.54) is 39.0 Å². The average molecular weight is 284 g/mol. The van der Waals surface area contributed by atoms with Crippen LogP contribution < -0.4 is 5.32 Å². The van der Waals surface area contributed by atoms with Crippen LogP contribution in [-0.4, -0.2) is 60.6 Å². The summed E-state index contributed by atoms with van der Waals surface area (Å²) in [7, 11) is 0. The van der Waals surface area contributed by atoms with E-state index in [-0.39, 0.29) is 5.54 Å². The lowest BCUT2D eigenvalue weighted by Crippen LogP contribution is -2.59. The Morgan fingerprint density at radius 1 is 1.10 bits per heavy atom. The number of rotatable bonds is 8. The van der Waals surface area contributed by atoms with Gasteiger partial charge in [0.05, 0.1) is 0 Å². The van der Waals surface area contributed by atoms with Crippen molar-refractivity contribution in [3.05, 3.63) is 0 Å². The van der Waals surface area contributed by atoms with E-state index in [2.05, 4.69) is 56.7 Å². The summed E-state index contributed by atoms with van der Waals surface area (Å²) in [5.74, 6) is 0.745. The van der Waals surface area contributed by atoms with Crippen LogP contribution >= 0.6 is 0 Å². The minimum Gasteiger partial charge on any atom is -0.314 e. The third-order valence-corrected chi connectivity index (χ3v) is 4.62. The first kappa shape index (κ1) is 17.9. The summed E-state index contributed by atoms with van der Waals surface area (Å²) in [5, 5.41) is 3.46. The summed E-state index contributed by atoms with van der Waals surface area (Å²) < 4.78 is 0. The van der Waals surface area contributed by atoms with Gasteiger partial charge in [0.15, 0.2) is 0 Å². The Balaban J connectivity index is 2.70. The molecule has 120 valence electrons. The Kier molecular flexibility index (Phi) is 7.49. The molecule has 0 bridgehead atoms. The van der Waals surface area contributed by atoms with Crippen LogP contribution in [0.4, 0.5) is 0 Å². The van der Waals surface area contributed by atoms with Crippen LogP contribution in [0.5, 0.6) is 0 Å². The van der Waals surface area contributed by atoms with Crippen molar-refractivity contribution in [2.45, 2.75) is 66.0 Å². The van der Waals surface area contributed by atoms with Gasteiger partial charge in [0, 0.05) is 50.8 Å². The maximum absolute atomic E-state index is 3.46. The molecule has 0 unspecified atom stereocenters. The van der Waals surface area contributed by atoms with E-state index >= 15 is 0 Å². The Labute approximate surface area is 127 Å². The molecule has 1 N–H and O–H groups in total. The molecule has 1 aliphatic heterocycles.